The van der Waals surface area contributed by atoms with Crippen LogP contribution in [-0.2, 0) is 11.2 Å². The second-order valence-corrected chi connectivity index (χ2v) is 5.22. The van der Waals surface area contributed by atoms with Crippen molar-refractivity contribution in [1.29, 1.82) is 10.5 Å². The number of nitrogens with zero attached hydrogens (tertiary/aromatic N) is 4. The lowest BCUT2D eigenvalue weighted by atomic mass is 10.0. The van der Waals surface area contributed by atoms with E-state index < -0.39 is 0 Å². The van der Waals surface area contributed by atoms with E-state index in [4.69, 9.17) is 22.6 Å². The molecule has 1 aliphatic heterocycles. The Morgan fingerprint density at radius 1 is 1.48 bits per heavy atom. The summed E-state index contributed by atoms with van der Waals surface area (Å²) < 4.78 is 0. The summed E-state index contributed by atoms with van der Waals surface area (Å²) in [4.78, 5) is 17.3. The summed E-state index contributed by atoms with van der Waals surface area (Å²) in [5.74, 6) is -0.175. The quantitative estimate of drug-likeness (QED) is 0.848. The number of rotatable bonds is 3. The minimum atomic E-state index is -0.355. The minimum absolute atomic E-state index is 0.0888. The van der Waals surface area contributed by atoms with Gasteiger partial charge in [-0.1, -0.05) is 18.5 Å². The van der Waals surface area contributed by atoms with Gasteiger partial charge in [-0.3, -0.25) is 4.79 Å². The molecule has 2 rings (SSSR count). The monoisotopic (exact) mass is 303 g/mol. The van der Waals surface area contributed by atoms with Gasteiger partial charge in [0.1, 0.15) is 23.1 Å². The smallest absolute Gasteiger partial charge is 0.222 e. The Morgan fingerprint density at radius 3 is 2.62 bits per heavy atom. The van der Waals surface area contributed by atoms with Gasteiger partial charge in [-0.25, -0.2) is 4.98 Å². The van der Waals surface area contributed by atoms with Crippen LogP contribution in [0.2, 0.25) is 5.15 Å². The van der Waals surface area contributed by atoms with Crippen LogP contribution in [0.1, 0.15) is 30.0 Å². The third-order valence-electron chi connectivity index (χ3n) is 3.70. The topological polar surface area (TPSA) is 107 Å². The second kappa shape index (κ2) is 5.99. The molecule has 1 fully saturated rings. The third kappa shape index (κ3) is 2.63. The van der Waals surface area contributed by atoms with Gasteiger partial charge < -0.3 is 10.6 Å². The maximum atomic E-state index is 11.3. The van der Waals surface area contributed by atoms with Crippen LogP contribution in [-0.4, -0.2) is 24.0 Å². The van der Waals surface area contributed by atoms with E-state index in [1.165, 1.54) is 0 Å². The molecule has 0 spiro atoms. The first-order valence-electron chi connectivity index (χ1n) is 6.60. The van der Waals surface area contributed by atoms with Crippen molar-refractivity contribution in [3.8, 4) is 12.1 Å². The van der Waals surface area contributed by atoms with E-state index in [2.05, 4.69) is 11.1 Å². The molecule has 0 aliphatic carbocycles. The van der Waals surface area contributed by atoms with Gasteiger partial charge in [0.05, 0.1) is 17.0 Å². The predicted octanol–water partition coefficient (Wildman–Crippen LogP) is 1.35. The number of carbonyl (C=O) groups excluding carboxylic acids is 1. The van der Waals surface area contributed by atoms with Crippen LogP contribution in [0.3, 0.4) is 0 Å². The molecular weight excluding hydrogens is 290 g/mol. The number of pyridine rings is 1. The number of nitriles is 2. The van der Waals surface area contributed by atoms with E-state index in [9.17, 15) is 10.1 Å². The summed E-state index contributed by atoms with van der Waals surface area (Å²) >= 11 is 6.06. The fourth-order valence-corrected chi connectivity index (χ4v) is 2.82. The Labute approximate surface area is 127 Å². The molecule has 0 bridgehead atoms. The summed E-state index contributed by atoms with van der Waals surface area (Å²) in [6.07, 6.45) is 1.13. The summed E-state index contributed by atoms with van der Waals surface area (Å²) in [5.41, 5.74) is 6.51. The lowest BCUT2D eigenvalue weighted by molar-refractivity contribution is -0.121. The normalized spacial score (nSPS) is 17.3. The molecule has 1 aliphatic rings. The molecule has 1 amide bonds. The number of nitrogens with two attached hydrogens (primary N) is 1. The van der Waals surface area contributed by atoms with Gasteiger partial charge in [-0.2, -0.15) is 10.5 Å². The van der Waals surface area contributed by atoms with E-state index in [0.29, 0.717) is 42.9 Å². The molecule has 0 radical (unpaired) electrons. The van der Waals surface area contributed by atoms with E-state index >= 15 is 0 Å². The lowest BCUT2D eigenvalue weighted by Gasteiger charge is -2.20. The van der Waals surface area contributed by atoms with Crippen LogP contribution in [0, 0.1) is 28.6 Å². The zero-order chi connectivity index (χ0) is 15.6. The molecule has 1 aromatic rings. The number of hydrogen-bond acceptors (Lipinski definition) is 5. The molecule has 1 aromatic heterocycles. The number of primary amides is 1. The Hall–Kier alpha value is -2.31. The van der Waals surface area contributed by atoms with Crippen LogP contribution in [0.15, 0.2) is 0 Å². The SMILES string of the molecule is CCc1c(C#N)c(Cl)nc(N2CCC(C(N)=O)C2)c1C#N. The lowest BCUT2D eigenvalue weighted by Crippen LogP contribution is -2.28. The molecule has 1 unspecified atom stereocenters. The van der Waals surface area contributed by atoms with Crippen molar-refractivity contribution < 1.29 is 4.79 Å². The first kappa shape index (κ1) is 15.1. The molecule has 21 heavy (non-hydrogen) atoms. The van der Waals surface area contributed by atoms with Gasteiger partial charge in [0, 0.05) is 13.1 Å². The standard InChI is InChI=1S/C14H14ClN5O/c1-2-9-10(5-16)12(15)19-14(11(9)6-17)20-4-3-8(7-20)13(18)21/h8H,2-4,7H2,1H3,(H2,18,21). The largest absolute Gasteiger partial charge is 0.369 e. The molecule has 108 valence electrons. The first-order chi connectivity index (χ1) is 10.0. The molecule has 0 saturated carbocycles. The van der Waals surface area contributed by atoms with Gasteiger partial charge in [0.15, 0.2) is 0 Å². The highest BCUT2D eigenvalue weighted by molar-refractivity contribution is 6.30. The van der Waals surface area contributed by atoms with Gasteiger partial charge in [-0.15, -0.1) is 0 Å². The van der Waals surface area contributed by atoms with Crippen molar-refractivity contribution >= 4 is 23.3 Å². The minimum Gasteiger partial charge on any atom is -0.369 e. The summed E-state index contributed by atoms with van der Waals surface area (Å²) in [6, 6.07) is 4.10. The fourth-order valence-electron chi connectivity index (χ4n) is 2.59. The molecule has 7 heteroatoms. The molecule has 2 N–H and O–H groups in total. The van der Waals surface area contributed by atoms with Gasteiger partial charge in [0.2, 0.25) is 5.91 Å². The van der Waals surface area contributed by atoms with Crippen LogP contribution < -0.4 is 10.6 Å². The Bertz CT molecular complexity index is 673. The van der Waals surface area contributed by atoms with Crippen LogP contribution in [0.4, 0.5) is 5.82 Å². The van der Waals surface area contributed by atoms with Crippen LogP contribution in [0.5, 0.6) is 0 Å². The molecule has 1 atom stereocenters. The average Bonchev–Trinajstić information content (AvgIpc) is 2.95. The zero-order valence-corrected chi connectivity index (χ0v) is 12.3. The number of hydrogen-bond donors (Lipinski definition) is 1. The second-order valence-electron chi connectivity index (χ2n) is 4.87. The highest BCUT2D eigenvalue weighted by atomic mass is 35.5. The van der Waals surface area contributed by atoms with Gasteiger partial charge in [-0.05, 0) is 18.4 Å². The van der Waals surface area contributed by atoms with Gasteiger partial charge >= 0.3 is 0 Å². The molecule has 1 saturated heterocycles. The first-order valence-corrected chi connectivity index (χ1v) is 6.98. The van der Waals surface area contributed by atoms with E-state index in [1.54, 1.807) is 0 Å². The van der Waals surface area contributed by atoms with Crippen LogP contribution in [0.25, 0.3) is 0 Å². The van der Waals surface area contributed by atoms with E-state index in [1.807, 2.05) is 17.9 Å². The number of anilines is 1. The van der Waals surface area contributed by atoms with Gasteiger partial charge in [0.25, 0.3) is 0 Å². The van der Waals surface area contributed by atoms with E-state index in [0.717, 1.165) is 0 Å². The third-order valence-corrected chi connectivity index (χ3v) is 3.98. The summed E-state index contributed by atoms with van der Waals surface area (Å²) in [5, 5.41) is 18.7. The average molecular weight is 304 g/mol. The maximum absolute atomic E-state index is 11.3. The highest BCUT2D eigenvalue weighted by Gasteiger charge is 2.30. The van der Waals surface area contributed by atoms with Crippen LogP contribution >= 0.6 is 11.6 Å². The predicted molar refractivity (Wildman–Crippen MR) is 77.6 cm³/mol. The molecule has 2 heterocycles. The summed E-state index contributed by atoms with van der Waals surface area (Å²) in [6.45, 7) is 2.86. The van der Waals surface area contributed by atoms with Crippen molar-refractivity contribution in [3.63, 3.8) is 0 Å². The molecule has 0 aromatic carbocycles. The van der Waals surface area contributed by atoms with Crippen molar-refractivity contribution in [2.24, 2.45) is 11.7 Å². The van der Waals surface area contributed by atoms with E-state index in [-0.39, 0.29) is 22.5 Å². The van der Waals surface area contributed by atoms with Crippen molar-refractivity contribution in [2.45, 2.75) is 19.8 Å². The Morgan fingerprint density at radius 2 is 2.14 bits per heavy atom. The zero-order valence-electron chi connectivity index (χ0n) is 11.6. The number of amides is 1. The number of carbonyl (C=O) groups is 1. The number of halogens is 1. The fraction of sp³-hybridized carbons (Fsp3) is 0.429. The molecular formula is C14H14ClN5O. The van der Waals surface area contributed by atoms with Crippen molar-refractivity contribution in [2.75, 3.05) is 18.0 Å². The van der Waals surface area contributed by atoms with Crippen molar-refractivity contribution in [1.82, 2.24) is 4.98 Å². The molecule has 6 nitrogen and oxygen atoms in total. The van der Waals surface area contributed by atoms with Crippen molar-refractivity contribution in [3.05, 3.63) is 21.8 Å². The highest BCUT2D eigenvalue weighted by Crippen LogP contribution is 2.32. The number of aromatic nitrogens is 1. The maximum Gasteiger partial charge on any atom is 0.222 e. The summed E-state index contributed by atoms with van der Waals surface area (Å²) in [7, 11) is 0. The Kier molecular flexibility index (Phi) is 4.30. The Balaban J connectivity index is 2.51.